The van der Waals surface area contributed by atoms with Gasteiger partial charge in [-0.3, -0.25) is 0 Å². The van der Waals surface area contributed by atoms with Crippen molar-refractivity contribution in [1.82, 2.24) is 0 Å². The zero-order chi connectivity index (χ0) is 13.1. The predicted molar refractivity (Wildman–Crippen MR) is 68.5 cm³/mol. The predicted octanol–water partition coefficient (Wildman–Crippen LogP) is 3.50. The van der Waals surface area contributed by atoms with Gasteiger partial charge in [0.1, 0.15) is 0 Å². The maximum absolute atomic E-state index is 13.6. The third-order valence-corrected chi connectivity index (χ3v) is 2.81. The number of hydrogen-bond acceptors (Lipinski definition) is 3. The molecular formula is C13H11ClFNO2. The number of benzene rings is 2. The standard InChI is InChI=1S/C13H11ClFNO2/c14-9-4-2-5-10(12(9)15)16-7-8-3-1-6-11(17)13(8)18/h1-6,16-18H,7H2. The number of phenolic OH excluding ortho intramolecular Hbond substituents is 2. The van der Waals surface area contributed by atoms with E-state index in [2.05, 4.69) is 5.32 Å². The maximum Gasteiger partial charge on any atom is 0.164 e. The van der Waals surface area contributed by atoms with Gasteiger partial charge in [-0.2, -0.15) is 0 Å². The molecule has 5 heteroatoms. The van der Waals surface area contributed by atoms with Crippen molar-refractivity contribution in [3.8, 4) is 11.5 Å². The number of para-hydroxylation sites is 1. The lowest BCUT2D eigenvalue weighted by Crippen LogP contribution is -2.01. The highest BCUT2D eigenvalue weighted by Gasteiger charge is 2.08. The molecule has 18 heavy (non-hydrogen) atoms. The summed E-state index contributed by atoms with van der Waals surface area (Å²) >= 11 is 5.65. The molecule has 0 radical (unpaired) electrons. The van der Waals surface area contributed by atoms with Gasteiger partial charge in [-0.15, -0.1) is 0 Å². The Labute approximate surface area is 108 Å². The number of hydrogen-bond donors (Lipinski definition) is 3. The van der Waals surface area contributed by atoms with Gasteiger partial charge in [0.15, 0.2) is 17.3 Å². The molecule has 0 saturated carbocycles. The molecule has 2 rings (SSSR count). The molecule has 2 aromatic carbocycles. The Hall–Kier alpha value is -1.94. The van der Waals surface area contributed by atoms with E-state index >= 15 is 0 Å². The zero-order valence-corrected chi connectivity index (χ0v) is 10.1. The van der Waals surface area contributed by atoms with Crippen LogP contribution in [0.25, 0.3) is 0 Å². The molecule has 0 saturated heterocycles. The maximum atomic E-state index is 13.6. The van der Waals surface area contributed by atoms with Crippen molar-refractivity contribution in [2.24, 2.45) is 0 Å². The molecule has 0 aromatic heterocycles. The van der Waals surface area contributed by atoms with Crippen LogP contribution in [0.1, 0.15) is 5.56 Å². The van der Waals surface area contributed by atoms with Gasteiger partial charge in [0.2, 0.25) is 0 Å². The summed E-state index contributed by atoms with van der Waals surface area (Å²) in [6, 6.07) is 9.22. The molecular weight excluding hydrogens is 257 g/mol. The second-order valence-electron chi connectivity index (χ2n) is 3.74. The van der Waals surface area contributed by atoms with Crippen LogP contribution in [0.4, 0.5) is 10.1 Å². The number of phenols is 2. The summed E-state index contributed by atoms with van der Waals surface area (Å²) in [5.41, 5.74) is 0.708. The van der Waals surface area contributed by atoms with Crippen LogP contribution in [0.2, 0.25) is 5.02 Å². The molecule has 0 amide bonds. The molecule has 0 aliphatic heterocycles. The van der Waals surface area contributed by atoms with E-state index in [1.165, 1.54) is 12.1 Å². The number of anilines is 1. The van der Waals surface area contributed by atoms with Gasteiger partial charge in [-0.05, 0) is 18.2 Å². The van der Waals surface area contributed by atoms with Crippen molar-refractivity contribution in [3.63, 3.8) is 0 Å². The Kier molecular flexibility index (Phi) is 3.58. The number of nitrogens with one attached hydrogen (secondary N) is 1. The van der Waals surface area contributed by atoms with Crippen molar-refractivity contribution in [2.75, 3.05) is 5.32 Å². The van der Waals surface area contributed by atoms with Gasteiger partial charge < -0.3 is 15.5 Å². The zero-order valence-electron chi connectivity index (χ0n) is 9.32. The third kappa shape index (κ3) is 2.49. The topological polar surface area (TPSA) is 52.5 Å². The van der Waals surface area contributed by atoms with Gasteiger partial charge in [0.25, 0.3) is 0 Å². The lowest BCUT2D eigenvalue weighted by molar-refractivity contribution is 0.400. The van der Waals surface area contributed by atoms with Gasteiger partial charge >= 0.3 is 0 Å². The van der Waals surface area contributed by atoms with E-state index in [4.69, 9.17) is 11.6 Å². The van der Waals surface area contributed by atoms with E-state index in [-0.39, 0.29) is 28.8 Å². The van der Waals surface area contributed by atoms with Crippen LogP contribution < -0.4 is 5.32 Å². The van der Waals surface area contributed by atoms with Gasteiger partial charge in [-0.25, -0.2) is 4.39 Å². The summed E-state index contributed by atoms with van der Waals surface area (Å²) in [6.07, 6.45) is 0. The second kappa shape index (κ2) is 5.14. The van der Waals surface area contributed by atoms with Crippen LogP contribution in [-0.2, 0) is 6.54 Å². The summed E-state index contributed by atoms with van der Waals surface area (Å²) in [6.45, 7) is 0.178. The molecule has 0 atom stereocenters. The number of rotatable bonds is 3. The van der Waals surface area contributed by atoms with Gasteiger partial charge in [-0.1, -0.05) is 29.8 Å². The van der Waals surface area contributed by atoms with E-state index < -0.39 is 5.82 Å². The molecule has 0 aliphatic rings. The van der Waals surface area contributed by atoms with E-state index in [9.17, 15) is 14.6 Å². The molecule has 0 bridgehead atoms. The average molecular weight is 268 g/mol. The Balaban J connectivity index is 2.17. The quantitative estimate of drug-likeness (QED) is 0.746. The van der Waals surface area contributed by atoms with Crippen LogP contribution in [-0.4, -0.2) is 10.2 Å². The van der Waals surface area contributed by atoms with Crippen molar-refractivity contribution < 1.29 is 14.6 Å². The first-order valence-corrected chi connectivity index (χ1v) is 5.65. The first-order valence-electron chi connectivity index (χ1n) is 5.27. The molecule has 3 N–H and O–H groups in total. The largest absolute Gasteiger partial charge is 0.504 e. The fourth-order valence-corrected chi connectivity index (χ4v) is 1.73. The number of halogens is 2. The second-order valence-corrected chi connectivity index (χ2v) is 4.15. The first kappa shape index (κ1) is 12.5. The lowest BCUT2D eigenvalue weighted by atomic mass is 10.2. The molecule has 0 fully saturated rings. The minimum atomic E-state index is -0.543. The average Bonchev–Trinajstić information content (AvgIpc) is 2.36. The molecule has 0 heterocycles. The van der Waals surface area contributed by atoms with Crippen LogP contribution in [0.5, 0.6) is 11.5 Å². The summed E-state index contributed by atoms with van der Waals surface area (Å²) < 4.78 is 13.6. The van der Waals surface area contributed by atoms with E-state index in [1.807, 2.05) is 0 Å². The Morgan fingerprint density at radius 2 is 1.83 bits per heavy atom. The highest BCUT2D eigenvalue weighted by molar-refractivity contribution is 6.31. The summed E-state index contributed by atoms with van der Waals surface area (Å²) in [5, 5.41) is 21.7. The smallest absolute Gasteiger partial charge is 0.164 e. The molecule has 0 aliphatic carbocycles. The summed E-state index contributed by atoms with van der Waals surface area (Å²) in [7, 11) is 0. The minimum absolute atomic E-state index is 0.0279. The Morgan fingerprint density at radius 3 is 2.61 bits per heavy atom. The van der Waals surface area contributed by atoms with Gasteiger partial charge in [0.05, 0.1) is 10.7 Å². The lowest BCUT2D eigenvalue weighted by Gasteiger charge is -2.10. The molecule has 0 spiro atoms. The summed E-state index contributed by atoms with van der Waals surface area (Å²) in [4.78, 5) is 0. The van der Waals surface area contributed by atoms with Crippen LogP contribution in [0, 0.1) is 5.82 Å². The number of aromatic hydroxyl groups is 2. The molecule has 0 unspecified atom stereocenters. The normalized spacial score (nSPS) is 10.3. The third-order valence-electron chi connectivity index (χ3n) is 2.52. The highest BCUT2D eigenvalue weighted by Crippen LogP contribution is 2.29. The van der Waals surface area contributed by atoms with Crippen LogP contribution in [0.15, 0.2) is 36.4 Å². The van der Waals surface area contributed by atoms with Crippen molar-refractivity contribution >= 4 is 17.3 Å². The molecule has 2 aromatic rings. The van der Waals surface area contributed by atoms with E-state index in [0.717, 1.165) is 0 Å². The van der Waals surface area contributed by atoms with Crippen LogP contribution >= 0.6 is 11.6 Å². The molecule has 94 valence electrons. The fraction of sp³-hybridized carbons (Fsp3) is 0.0769. The van der Waals surface area contributed by atoms with Crippen LogP contribution in [0.3, 0.4) is 0 Å². The van der Waals surface area contributed by atoms with E-state index in [1.54, 1.807) is 24.3 Å². The van der Waals surface area contributed by atoms with Crippen molar-refractivity contribution in [2.45, 2.75) is 6.54 Å². The Bertz CT molecular complexity index is 523. The molecule has 3 nitrogen and oxygen atoms in total. The highest BCUT2D eigenvalue weighted by atomic mass is 35.5. The van der Waals surface area contributed by atoms with Crippen molar-refractivity contribution in [3.05, 3.63) is 52.8 Å². The SMILES string of the molecule is Oc1cccc(CNc2cccc(Cl)c2F)c1O. The van der Waals surface area contributed by atoms with Crippen molar-refractivity contribution in [1.29, 1.82) is 0 Å². The Morgan fingerprint density at radius 1 is 1.11 bits per heavy atom. The summed E-state index contributed by atoms with van der Waals surface area (Å²) in [5.74, 6) is -0.966. The fourth-order valence-electron chi connectivity index (χ4n) is 1.55. The van der Waals surface area contributed by atoms with Gasteiger partial charge in [0, 0.05) is 12.1 Å². The van der Waals surface area contributed by atoms with E-state index in [0.29, 0.717) is 5.56 Å². The minimum Gasteiger partial charge on any atom is -0.504 e. The first-order chi connectivity index (χ1) is 8.59. The monoisotopic (exact) mass is 267 g/mol.